The average Bonchev–Trinajstić information content (AvgIpc) is 2.82. The third kappa shape index (κ3) is 4.35. The molecule has 132 valence electrons. The number of rotatable bonds is 5. The Labute approximate surface area is 147 Å². The summed E-state index contributed by atoms with van der Waals surface area (Å²) in [6.07, 6.45) is 1.42. The maximum absolute atomic E-state index is 12.3. The summed E-state index contributed by atoms with van der Waals surface area (Å²) in [6.45, 7) is 5.93. The molecule has 7 heteroatoms. The first-order valence-electron chi connectivity index (χ1n) is 7.94. The van der Waals surface area contributed by atoms with E-state index in [4.69, 9.17) is 9.47 Å². The predicted octanol–water partition coefficient (Wildman–Crippen LogP) is 3.65. The Morgan fingerprint density at radius 1 is 1.29 bits per heavy atom. The first kappa shape index (κ1) is 18.4. The molecule has 0 N–H and O–H groups in total. The van der Waals surface area contributed by atoms with E-state index in [1.807, 2.05) is 32.9 Å². The van der Waals surface area contributed by atoms with Crippen LogP contribution in [0.5, 0.6) is 11.5 Å². The number of amides is 2. The largest absolute Gasteiger partial charge is 0.483 e. The van der Waals surface area contributed by atoms with E-state index in [0.717, 1.165) is 30.5 Å². The third-order valence-corrected chi connectivity index (χ3v) is 4.41. The van der Waals surface area contributed by atoms with Gasteiger partial charge in [-0.25, -0.2) is 9.10 Å². The van der Waals surface area contributed by atoms with E-state index in [1.54, 1.807) is 20.2 Å². The molecule has 0 unspecified atom stereocenters. The molecule has 0 aromatic heterocycles. The van der Waals surface area contributed by atoms with Crippen molar-refractivity contribution in [2.24, 2.45) is 0 Å². The van der Waals surface area contributed by atoms with E-state index in [1.165, 1.54) is 8.61 Å². The summed E-state index contributed by atoms with van der Waals surface area (Å²) in [4.78, 5) is 24.1. The molecule has 0 spiro atoms. The number of para-hydroxylation sites is 1. The Morgan fingerprint density at radius 2 is 2.00 bits per heavy atom. The average molecular weight is 352 g/mol. The van der Waals surface area contributed by atoms with Crippen molar-refractivity contribution in [2.45, 2.75) is 45.6 Å². The van der Waals surface area contributed by atoms with Crippen molar-refractivity contribution in [3.05, 3.63) is 23.8 Å². The van der Waals surface area contributed by atoms with Crippen molar-refractivity contribution in [3.63, 3.8) is 0 Å². The van der Waals surface area contributed by atoms with Crippen molar-refractivity contribution in [2.75, 3.05) is 14.1 Å². The molecule has 0 atom stereocenters. The van der Waals surface area contributed by atoms with E-state index < -0.39 is 6.09 Å². The molecule has 0 aliphatic carbocycles. The first-order valence-corrected chi connectivity index (χ1v) is 8.67. The molecule has 6 nitrogen and oxygen atoms in total. The van der Waals surface area contributed by atoms with E-state index in [9.17, 15) is 9.59 Å². The molecule has 24 heavy (non-hydrogen) atoms. The number of benzene rings is 1. The Kier molecular flexibility index (Phi) is 5.64. The van der Waals surface area contributed by atoms with Crippen LogP contribution >= 0.6 is 12.1 Å². The highest BCUT2D eigenvalue weighted by Gasteiger charge is 2.33. The molecule has 2 rings (SSSR count). The Balaban J connectivity index is 2.01. The maximum atomic E-state index is 12.3. The topological polar surface area (TPSA) is 59.1 Å². The van der Waals surface area contributed by atoms with Gasteiger partial charge in [-0.1, -0.05) is 19.1 Å². The highest BCUT2D eigenvalue weighted by molar-refractivity contribution is 7.95. The van der Waals surface area contributed by atoms with Crippen LogP contribution in [-0.4, -0.2) is 40.3 Å². The summed E-state index contributed by atoms with van der Waals surface area (Å²) in [6, 6.07) is 5.52. The Bertz CT molecular complexity index is 633. The van der Waals surface area contributed by atoms with Crippen LogP contribution in [0.4, 0.5) is 4.79 Å². The van der Waals surface area contributed by atoms with Gasteiger partial charge < -0.3 is 9.47 Å². The van der Waals surface area contributed by atoms with Gasteiger partial charge in [-0.15, -0.1) is 0 Å². The highest BCUT2D eigenvalue weighted by atomic mass is 32.2. The highest BCUT2D eigenvalue weighted by Crippen LogP contribution is 2.42. The summed E-state index contributed by atoms with van der Waals surface area (Å²) in [5, 5.41) is 0. The van der Waals surface area contributed by atoms with Crippen molar-refractivity contribution in [1.82, 2.24) is 8.61 Å². The number of hydrogen-bond acceptors (Lipinski definition) is 5. The number of carbonyl (C=O) groups is 2. The van der Waals surface area contributed by atoms with Crippen LogP contribution in [0, 0.1) is 0 Å². The summed E-state index contributed by atoms with van der Waals surface area (Å²) < 4.78 is 14.1. The molecular formula is C17H24N2O4S. The zero-order valence-electron chi connectivity index (χ0n) is 14.8. The number of carbonyl (C=O) groups excluding carboxylic acids is 2. The summed E-state index contributed by atoms with van der Waals surface area (Å²) in [7, 11) is 3.20. The lowest BCUT2D eigenvalue weighted by Crippen LogP contribution is -2.30. The van der Waals surface area contributed by atoms with Crippen molar-refractivity contribution >= 4 is 24.1 Å². The zero-order chi connectivity index (χ0) is 17.9. The van der Waals surface area contributed by atoms with Gasteiger partial charge in [0.25, 0.3) is 0 Å². The van der Waals surface area contributed by atoms with Gasteiger partial charge in [0.05, 0.1) is 12.1 Å². The van der Waals surface area contributed by atoms with Gasteiger partial charge in [-0.05, 0) is 26.3 Å². The quantitative estimate of drug-likeness (QED) is 0.757. The molecular weight excluding hydrogens is 328 g/mol. The molecule has 2 amide bonds. The zero-order valence-corrected chi connectivity index (χ0v) is 15.6. The van der Waals surface area contributed by atoms with E-state index in [2.05, 4.69) is 0 Å². The molecule has 0 fully saturated rings. The van der Waals surface area contributed by atoms with Gasteiger partial charge in [-0.2, -0.15) is 0 Å². The molecule has 1 aromatic carbocycles. The number of hydrogen-bond donors (Lipinski definition) is 0. The maximum Gasteiger partial charge on any atom is 0.426 e. The monoisotopic (exact) mass is 352 g/mol. The lowest BCUT2D eigenvalue weighted by Gasteiger charge is -2.22. The SMILES string of the molecule is CCCC(=O)N(C)SN(C)C(=O)Oc1cccc2c1OC(C)(C)C2. The number of fused-ring (bicyclic) bond motifs is 1. The minimum absolute atomic E-state index is 0.0344. The molecule has 1 heterocycles. The third-order valence-electron chi connectivity index (χ3n) is 3.57. The number of nitrogens with zero attached hydrogens (tertiary/aromatic N) is 2. The fourth-order valence-corrected chi connectivity index (χ4v) is 3.11. The molecule has 0 saturated carbocycles. The second-order valence-corrected chi connectivity index (χ2v) is 7.63. The van der Waals surface area contributed by atoms with Gasteiger partial charge >= 0.3 is 6.09 Å². The van der Waals surface area contributed by atoms with Gasteiger partial charge in [0.15, 0.2) is 11.5 Å². The fourth-order valence-electron chi connectivity index (χ4n) is 2.46. The van der Waals surface area contributed by atoms with Gasteiger partial charge in [0.2, 0.25) is 5.91 Å². The van der Waals surface area contributed by atoms with Crippen LogP contribution in [-0.2, 0) is 11.2 Å². The summed E-state index contributed by atoms with van der Waals surface area (Å²) in [5.74, 6) is 0.982. The van der Waals surface area contributed by atoms with Gasteiger partial charge in [0.1, 0.15) is 5.60 Å². The lowest BCUT2D eigenvalue weighted by molar-refractivity contribution is -0.125. The van der Waals surface area contributed by atoms with Gasteiger partial charge in [-0.3, -0.25) is 9.10 Å². The van der Waals surface area contributed by atoms with Crippen molar-refractivity contribution in [3.8, 4) is 11.5 Å². The second-order valence-electron chi connectivity index (χ2n) is 6.37. The molecule has 1 aliphatic heterocycles. The van der Waals surface area contributed by atoms with Gasteiger partial charge in [0, 0.05) is 32.5 Å². The van der Waals surface area contributed by atoms with Crippen LogP contribution < -0.4 is 9.47 Å². The van der Waals surface area contributed by atoms with E-state index in [-0.39, 0.29) is 11.5 Å². The van der Waals surface area contributed by atoms with Crippen LogP contribution in [0.15, 0.2) is 18.2 Å². The molecule has 1 aromatic rings. The Hall–Kier alpha value is -1.89. The normalized spacial score (nSPS) is 14.5. The van der Waals surface area contributed by atoms with Crippen LogP contribution in [0.1, 0.15) is 39.2 Å². The Morgan fingerprint density at radius 3 is 2.67 bits per heavy atom. The minimum Gasteiger partial charge on any atom is -0.483 e. The lowest BCUT2D eigenvalue weighted by atomic mass is 10.0. The smallest absolute Gasteiger partial charge is 0.426 e. The second kappa shape index (κ2) is 7.34. The summed E-state index contributed by atoms with van der Waals surface area (Å²) >= 11 is 1.01. The molecule has 1 aliphatic rings. The predicted molar refractivity (Wildman–Crippen MR) is 93.9 cm³/mol. The minimum atomic E-state index is -0.558. The molecule has 0 radical (unpaired) electrons. The van der Waals surface area contributed by atoms with Crippen LogP contribution in [0.25, 0.3) is 0 Å². The number of ether oxygens (including phenoxy) is 2. The standard InChI is InChI=1S/C17H24N2O4S/c1-6-8-14(20)18(4)24-19(5)16(21)22-13-10-7-9-12-11-17(2,3)23-15(12)13/h7,9-10H,6,8,11H2,1-5H3. The van der Waals surface area contributed by atoms with E-state index in [0.29, 0.717) is 17.9 Å². The summed E-state index contributed by atoms with van der Waals surface area (Å²) in [5.41, 5.74) is 0.717. The first-order chi connectivity index (χ1) is 11.2. The fraction of sp³-hybridized carbons (Fsp3) is 0.529. The van der Waals surface area contributed by atoms with Crippen molar-refractivity contribution in [1.29, 1.82) is 0 Å². The molecule has 0 saturated heterocycles. The van der Waals surface area contributed by atoms with Crippen molar-refractivity contribution < 1.29 is 19.1 Å². The molecule has 0 bridgehead atoms. The van der Waals surface area contributed by atoms with Crippen LogP contribution in [0.2, 0.25) is 0 Å². The van der Waals surface area contributed by atoms with Crippen LogP contribution in [0.3, 0.4) is 0 Å². The van der Waals surface area contributed by atoms with E-state index >= 15 is 0 Å².